The Labute approximate surface area is 81.3 Å². The highest BCUT2D eigenvalue weighted by molar-refractivity contribution is 5.76. The van der Waals surface area contributed by atoms with Gasteiger partial charge in [0.1, 0.15) is 6.04 Å². The molecule has 0 saturated carbocycles. The molecule has 0 aliphatic carbocycles. The number of hydrogen-bond donors (Lipinski definition) is 0. The van der Waals surface area contributed by atoms with Gasteiger partial charge < -0.3 is 9.64 Å². The summed E-state index contributed by atoms with van der Waals surface area (Å²) in [7, 11) is 2.97. The number of nitrogens with zero attached hydrogens (tertiary/aromatic N) is 2. The number of ether oxygens (including phenoxy) is 1. The predicted octanol–water partition coefficient (Wildman–Crippen LogP) is 0.372. The molecule has 0 radical (unpaired) electrons. The molecule has 1 rings (SSSR count). The number of methoxy groups -OCH3 is 1. The number of nitro groups is 1. The molecule has 1 unspecified atom stereocenters. The highest BCUT2D eigenvalue weighted by Gasteiger charge is 2.32. The molecule has 0 aromatic carbocycles. The summed E-state index contributed by atoms with van der Waals surface area (Å²) in [6.45, 7) is 0. The van der Waals surface area contributed by atoms with Crippen LogP contribution in [0.2, 0.25) is 0 Å². The zero-order valence-electron chi connectivity index (χ0n) is 8.10. The number of carbonyl (C=O) groups is 1. The Hall–Kier alpha value is -1.59. The molecule has 0 bridgehead atoms. The van der Waals surface area contributed by atoms with E-state index in [2.05, 4.69) is 4.74 Å². The lowest BCUT2D eigenvalue weighted by Crippen LogP contribution is -2.33. The summed E-state index contributed by atoms with van der Waals surface area (Å²) in [6, 6.07) is -0.383. The second kappa shape index (κ2) is 4.08. The Morgan fingerprint density at radius 3 is 2.93 bits per heavy atom. The van der Waals surface area contributed by atoms with Crippen molar-refractivity contribution in [2.24, 2.45) is 0 Å². The maximum atomic E-state index is 11.2. The first-order chi connectivity index (χ1) is 6.56. The third-order valence-electron chi connectivity index (χ3n) is 2.32. The molecule has 6 nitrogen and oxygen atoms in total. The SMILES string of the molecule is COC(=O)C1CC/C(=C\[N+](=O)[O-])N1C. The highest BCUT2D eigenvalue weighted by Crippen LogP contribution is 2.25. The van der Waals surface area contributed by atoms with E-state index < -0.39 is 4.92 Å². The van der Waals surface area contributed by atoms with Crippen molar-refractivity contribution < 1.29 is 14.5 Å². The minimum atomic E-state index is -0.508. The van der Waals surface area contributed by atoms with Crippen molar-refractivity contribution in [3.8, 4) is 0 Å². The first-order valence-corrected chi connectivity index (χ1v) is 4.21. The first kappa shape index (κ1) is 10.5. The van der Waals surface area contributed by atoms with Crippen LogP contribution in [0.5, 0.6) is 0 Å². The van der Waals surface area contributed by atoms with E-state index in [-0.39, 0.29) is 12.0 Å². The molecular weight excluding hydrogens is 188 g/mol. The third-order valence-corrected chi connectivity index (χ3v) is 2.32. The van der Waals surface area contributed by atoms with Gasteiger partial charge in [-0.1, -0.05) is 0 Å². The number of esters is 1. The lowest BCUT2D eigenvalue weighted by molar-refractivity contribution is -0.404. The van der Waals surface area contributed by atoms with Gasteiger partial charge in [0, 0.05) is 7.05 Å². The lowest BCUT2D eigenvalue weighted by Gasteiger charge is -2.18. The molecule has 0 aromatic rings. The van der Waals surface area contributed by atoms with Gasteiger partial charge in [-0.3, -0.25) is 10.1 Å². The van der Waals surface area contributed by atoms with Gasteiger partial charge in [-0.25, -0.2) is 4.79 Å². The van der Waals surface area contributed by atoms with Crippen molar-refractivity contribution in [1.29, 1.82) is 0 Å². The standard InChI is InChI=1S/C8H12N2O4/c1-9-6(5-10(12)13)3-4-7(9)8(11)14-2/h5,7H,3-4H2,1-2H3/b6-5+. The molecule has 1 saturated heterocycles. The minimum absolute atomic E-state index is 0.348. The molecule has 1 atom stereocenters. The van der Waals surface area contributed by atoms with Crippen LogP contribution >= 0.6 is 0 Å². The Balaban J connectivity index is 2.73. The average molecular weight is 200 g/mol. The predicted molar refractivity (Wildman–Crippen MR) is 47.9 cm³/mol. The first-order valence-electron chi connectivity index (χ1n) is 4.21. The van der Waals surface area contributed by atoms with Gasteiger partial charge >= 0.3 is 5.97 Å². The van der Waals surface area contributed by atoms with E-state index in [4.69, 9.17) is 0 Å². The third kappa shape index (κ3) is 2.01. The van der Waals surface area contributed by atoms with E-state index in [1.807, 2.05) is 0 Å². The summed E-state index contributed by atoms with van der Waals surface area (Å²) in [5.41, 5.74) is 0.561. The smallest absolute Gasteiger partial charge is 0.328 e. The molecule has 1 aliphatic heterocycles. The highest BCUT2D eigenvalue weighted by atomic mass is 16.6. The summed E-state index contributed by atoms with van der Waals surface area (Å²) in [4.78, 5) is 22.5. The van der Waals surface area contributed by atoms with Gasteiger partial charge in [-0.2, -0.15) is 0 Å². The van der Waals surface area contributed by atoms with E-state index in [0.717, 1.165) is 6.20 Å². The van der Waals surface area contributed by atoms with Crippen molar-refractivity contribution >= 4 is 5.97 Å². The van der Waals surface area contributed by atoms with Crippen LogP contribution in [-0.2, 0) is 9.53 Å². The number of hydrogen-bond acceptors (Lipinski definition) is 5. The van der Waals surface area contributed by atoms with E-state index in [1.54, 1.807) is 11.9 Å². The van der Waals surface area contributed by atoms with Crippen LogP contribution in [0.1, 0.15) is 12.8 Å². The van der Waals surface area contributed by atoms with E-state index in [9.17, 15) is 14.9 Å². The van der Waals surface area contributed by atoms with Crippen LogP contribution in [0.15, 0.2) is 11.9 Å². The van der Waals surface area contributed by atoms with Crippen LogP contribution in [0.4, 0.5) is 0 Å². The summed E-state index contributed by atoms with van der Waals surface area (Å²) in [5.74, 6) is -0.348. The van der Waals surface area contributed by atoms with Crippen LogP contribution in [-0.4, -0.2) is 36.0 Å². The zero-order chi connectivity index (χ0) is 10.7. The fourth-order valence-electron chi connectivity index (χ4n) is 1.54. The average Bonchev–Trinajstić information content (AvgIpc) is 2.46. The van der Waals surface area contributed by atoms with Crippen LogP contribution in [0, 0.1) is 10.1 Å². The number of likely N-dealkylation sites (tertiary alicyclic amines) is 1. The normalized spacial score (nSPS) is 24.0. The van der Waals surface area contributed by atoms with Crippen LogP contribution < -0.4 is 0 Å². The fraction of sp³-hybridized carbons (Fsp3) is 0.625. The van der Waals surface area contributed by atoms with Crippen molar-refractivity contribution in [1.82, 2.24) is 4.90 Å². The van der Waals surface area contributed by atoms with E-state index in [1.165, 1.54) is 7.11 Å². The Bertz CT molecular complexity index is 287. The molecule has 1 aliphatic rings. The zero-order valence-corrected chi connectivity index (χ0v) is 8.10. The van der Waals surface area contributed by atoms with Crippen LogP contribution in [0.25, 0.3) is 0 Å². The molecule has 1 heterocycles. The monoisotopic (exact) mass is 200 g/mol. The van der Waals surface area contributed by atoms with Gasteiger partial charge in [-0.15, -0.1) is 0 Å². The van der Waals surface area contributed by atoms with Crippen molar-refractivity contribution in [2.75, 3.05) is 14.2 Å². The number of carbonyl (C=O) groups excluding carboxylic acids is 1. The quantitative estimate of drug-likeness (QED) is 0.366. The lowest BCUT2D eigenvalue weighted by atomic mass is 10.2. The van der Waals surface area contributed by atoms with E-state index in [0.29, 0.717) is 18.5 Å². The maximum absolute atomic E-state index is 11.2. The second-order valence-electron chi connectivity index (χ2n) is 3.09. The van der Waals surface area contributed by atoms with E-state index >= 15 is 0 Å². The molecule has 0 spiro atoms. The number of allylic oxidation sites excluding steroid dienone is 1. The maximum Gasteiger partial charge on any atom is 0.328 e. The summed E-state index contributed by atoms with van der Waals surface area (Å²) in [5, 5.41) is 10.2. The number of rotatable bonds is 2. The molecule has 6 heteroatoms. The van der Waals surface area contributed by atoms with Crippen molar-refractivity contribution in [3.63, 3.8) is 0 Å². The molecule has 78 valence electrons. The van der Waals surface area contributed by atoms with Gasteiger partial charge in [0.2, 0.25) is 0 Å². The van der Waals surface area contributed by atoms with Crippen LogP contribution in [0.3, 0.4) is 0 Å². The topological polar surface area (TPSA) is 72.7 Å². The van der Waals surface area contributed by atoms with Crippen molar-refractivity contribution in [3.05, 3.63) is 22.0 Å². The summed E-state index contributed by atoms with van der Waals surface area (Å²) in [6.07, 6.45) is 2.04. The minimum Gasteiger partial charge on any atom is -0.467 e. The molecule has 0 aromatic heterocycles. The molecular formula is C8H12N2O4. The Morgan fingerprint density at radius 2 is 2.43 bits per heavy atom. The molecule has 0 N–H and O–H groups in total. The van der Waals surface area contributed by atoms with Gasteiger partial charge in [-0.05, 0) is 12.8 Å². The summed E-state index contributed by atoms with van der Waals surface area (Å²) >= 11 is 0. The number of likely N-dealkylation sites (N-methyl/N-ethyl adjacent to an activating group) is 1. The van der Waals surface area contributed by atoms with Gasteiger partial charge in [0.25, 0.3) is 6.20 Å². The molecule has 0 amide bonds. The largest absolute Gasteiger partial charge is 0.467 e. The van der Waals surface area contributed by atoms with Crippen molar-refractivity contribution in [2.45, 2.75) is 18.9 Å². The summed E-state index contributed by atoms with van der Waals surface area (Å²) < 4.78 is 4.58. The Kier molecular flexibility index (Phi) is 3.06. The molecule has 14 heavy (non-hydrogen) atoms. The second-order valence-corrected chi connectivity index (χ2v) is 3.09. The fourth-order valence-corrected chi connectivity index (χ4v) is 1.54. The van der Waals surface area contributed by atoms with Gasteiger partial charge in [0.15, 0.2) is 0 Å². The Morgan fingerprint density at radius 1 is 1.79 bits per heavy atom. The van der Waals surface area contributed by atoms with Gasteiger partial charge in [0.05, 0.1) is 17.7 Å². The molecule has 1 fully saturated rings.